The number of hydrogen-bond donors (Lipinski definition) is 0. The highest BCUT2D eigenvalue weighted by Crippen LogP contribution is 2.23. The van der Waals surface area contributed by atoms with Crippen molar-refractivity contribution in [1.29, 1.82) is 0 Å². The first-order chi connectivity index (χ1) is 10.3. The largest absolute Gasteiger partial charge is 0.355 e. The number of hydrogen-bond acceptors (Lipinski definition) is 6. The molecule has 1 saturated heterocycles. The van der Waals surface area contributed by atoms with Gasteiger partial charge in [0, 0.05) is 38.4 Å². The molecule has 0 bridgehead atoms. The van der Waals surface area contributed by atoms with E-state index in [0.717, 1.165) is 30.9 Å². The third kappa shape index (κ3) is 4.09. The summed E-state index contributed by atoms with van der Waals surface area (Å²) in [6, 6.07) is 1.93. The number of rotatable bonds is 6. The van der Waals surface area contributed by atoms with E-state index in [0.29, 0.717) is 12.4 Å². The summed E-state index contributed by atoms with van der Waals surface area (Å²) in [5.41, 5.74) is 0.899. The first kappa shape index (κ1) is 17.0. The van der Waals surface area contributed by atoms with Crippen LogP contribution in [0.15, 0.2) is 6.07 Å². The molecule has 0 spiro atoms. The molecule has 124 valence electrons. The van der Waals surface area contributed by atoms with E-state index in [1.165, 1.54) is 0 Å². The number of anilines is 2. The first-order valence-corrected chi connectivity index (χ1v) is 9.64. The lowest BCUT2D eigenvalue weighted by atomic mass is 10.2. The molecular weight excluding hydrogens is 300 g/mol. The van der Waals surface area contributed by atoms with Crippen molar-refractivity contribution in [3.8, 4) is 0 Å². The summed E-state index contributed by atoms with van der Waals surface area (Å²) >= 11 is 0. The van der Waals surface area contributed by atoms with Crippen molar-refractivity contribution in [3.63, 3.8) is 0 Å². The Bertz CT molecular complexity index is 618. The normalized spacial score (nSPS) is 20.1. The summed E-state index contributed by atoms with van der Waals surface area (Å²) < 4.78 is 23.3. The van der Waals surface area contributed by atoms with Crippen LogP contribution in [-0.2, 0) is 9.84 Å². The molecule has 6 nitrogen and oxygen atoms in total. The van der Waals surface area contributed by atoms with Crippen molar-refractivity contribution in [3.05, 3.63) is 11.8 Å². The van der Waals surface area contributed by atoms with Crippen LogP contribution in [0.4, 0.5) is 11.8 Å². The van der Waals surface area contributed by atoms with Gasteiger partial charge in [-0.15, -0.1) is 0 Å². The van der Waals surface area contributed by atoms with Gasteiger partial charge in [0.05, 0.1) is 11.5 Å². The monoisotopic (exact) mass is 326 g/mol. The number of nitrogens with zero attached hydrogens (tertiary/aromatic N) is 4. The third-order valence-electron chi connectivity index (χ3n) is 4.13. The highest BCUT2D eigenvalue weighted by Gasteiger charge is 2.31. The van der Waals surface area contributed by atoms with Gasteiger partial charge >= 0.3 is 0 Å². The highest BCUT2D eigenvalue weighted by molar-refractivity contribution is 7.91. The minimum Gasteiger partial charge on any atom is -0.355 e. The zero-order valence-corrected chi connectivity index (χ0v) is 14.7. The van der Waals surface area contributed by atoms with Gasteiger partial charge in [-0.3, -0.25) is 0 Å². The Hall–Kier alpha value is -1.37. The van der Waals surface area contributed by atoms with Crippen LogP contribution in [0.25, 0.3) is 0 Å². The van der Waals surface area contributed by atoms with Gasteiger partial charge in [0.2, 0.25) is 5.95 Å². The van der Waals surface area contributed by atoms with E-state index in [1.807, 2.05) is 32.0 Å². The summed E-state index contributed by atoms with van der Waals surface area (Å²) in [5.74, 6) is 1.99. The van der Waals surface area contributed by atoms with E-state index in [9.17, 15) is 8.42 Å². The second-order valence-electron chi connectivity index (χ2n) is 6.11. The summed E-state index contributed by atoms with van der Waals surface area (Å²) in [7, 11) is 1.02. The lowest BCUT2D eigenvalue weighted by molar-refractivity contribution is 0.600. The summed E-state index contributed by atoms with van der Waals surface area (Å²) in [5, 5.41) is 0. The van der Waals surface area contributed by atoms with Crippen LogP contribution in [0.2, 0.25) is 0 Å². The van der Waals surface area contributed by atoms with Crippen LogP contribution in [0.3, 0.4) is 0 Å². The van der Waals surface area contributed by atoms with Gasteiger partial charge in [-0.25, -0.2) is 13.4 Å². The molecule has 0 radical (unpaired) electrons. The second kappa shape index (κ2) is 6.81. The van der Waals surface area contributed by atoms with E-state index in [2.05, 4.69) is 21.8 Å². The van der Waals surface area contributed by atoms with Gasteiger partial charge < -0.3 is 9.80 Å². The number of aryl methyl sites for hydroxylation is 1. The van der Waals surface area contributed by atoms with Crippen LogP contribution in [0, 0.1) is 6.92 Å². The third-order valence-corrected chi connectivity index (χ3v) is 5.89. The van der Waals surface area contributed by atoms with Gasteiger partial charge in [0.25, 0.3) is 0 Å². The Morgan fingerprint density at radius 3 is 2.64 bits per heavy atom. The Balaban J connectivity index is 2.18. The maximum Gasteiger partial charge on any atom is 0.227 e. The fourth-order valence-corrected chi connectivity index (χ4v) is 4.43. The van der Waals surface area contributed by atoms with Crippen molar-refractivity contribution >= 4 is 21.6 Å². The van der Waals surface area contributed by atoms with Crippen LogP contribution in [0.5, 0.6) is 0 Å². The van der Waals surface area contributed by atoms with E-state index >= 15 is 0 Å². The molecule has 1 unspecified atom stereocenters. The second-order valence-corrected chi connectivity index (χ2v) is 8.34. The topological polar surface area (TPSA) is 66.4 Å². The molecule has 1 fully saturated rings. The van der Waals surface area contributed by atoms with Crippen molar-refractivity contribution in [2.24, 2.45) is 0 Å². The summed E-state index contributed by atoms with van der Waals surface area (Å²) in [6.07, 6.45) is 2.89. The quantitative estimate of drug-likeness (QED) is 0.792. The van der Waals surface area contributed by atoms with Gasteiger partial charge in [-0.05, 0) is 19.8 Å². The Kier molecular flexibility index (Phi) is 5.26. The molecule has 2 rings (SSSR count). The minimum atomic E-state index is -2.89. The minimum absolute atomic E-state index is 0.00750. The molecule has 0 aliphatic carbocycles. The van der Waals surface area contributed by atoms with Crippen molar-refractivity contribution < 1.29 is 8.42 Å². The molecule has 1 atom stereocenters. The fraction of sp³-hybridized carbons (Fsp3) is 0.733. The Morgan fingerprint density at radius 2 is 2.05 bits per heavy atom. The van der Waals surface area contributed by atoms with Gasteiger partial charge in [0.15, 0.2) is 9.84 Å². The number of aromatic nitrogens is 2. The zero-order chi connectivity index (χ0) is 16.3. The Morgan fingerprint density at radius 1 is 1.32 bits per heavy atom. The number of sulfone groups is 1. The van der Waals surface area contributed by atoms with E-state index in [-0.39, 0.29) is 17.5 Å². The van der Waals surface area contributed by atoms with E-state index in [4.69, 9.17) is 0 Å². The van der Waals surface area contributed by atoms with Gasteiger partial charge in [-0.1, -0.05) is 13.3 Å². The Labute approximate surface area is 133 Å². The molecular formula is C15H26N4O2S. The van der Waals surface area contributed by atoms with Crippen molar-refractivity contribution in [1.82, 2.24) is 9.97 Å². The molecule has 0 aromatic carbocycles. The standard InChI is InChI=1S/C15H26N4O2S/c1-5-6-8-18(3)15-16-12(2)10-14(17-15)19(4)13-7-9-22(20,21)11-13/h10,13H,5-9,11H2,1-4H3. The summed E-state index contributed by atoms with van der Waals surface area (Å²) in [6.45, 7) is 5.02. The molecule has 0 saturated carbocycles. The average molecular weight is 326 g/mol. The van der Waals surface area contributed by atoms with Crippen molar-refractivity contribution in [2.45, 2.75) is 39.2 Å². The molecule has 1 aromatic rings. The molecule has 22 heavy (non-hydrogen) atoms. The molecule has 1 aromatic heterocycles. The molecule has 1 aliphatic heterocycles. The van der Waals surface area contributed by atoms with Gasteiger partial charge in [-0.2, -0.15) is 4.98 Å². The predicted octanol–water partition coefficient (Wildman–Crippen LogP) is 1.64. The zero-order valence-electron chi connectivity index (χ0n) is 13.9. The summed E-state index contributed by atoms with van der Waals surface area (Å²) in [4.78, 5) is 13.2. The van der Waals surface area contributed by atoms with E-state index < -0.39 is 9.84 Å². The maximum absolute atomic E-state index is 11.7. The molecule has 0 amide bonds. The predicted molar refractivity (Wildman–Crippen MR) is 90.4 cm³/mol. The molecule has 2 heterocycles. The van der Waals surface area contributed by atoms with Crippen LogP contribution >= 0.6 is 0 Å². The van der Waals surface area contributed by atoms with Crippen LogP contribution in [0.1, 0.15) is 31.9 Å². The first-order valence-electron chi connectivity index (χ1n) is 7.82. The van der Waals surface area contributed by atoms with Crippen LogP contribution < -0.4 is 9.80 Å². The SMILES string of the molecule is CCCCN(C)c1nc(C)cc(N(C)C2CCS(=O)(=O)C2)n1. The molecule has 0 N–H and O–H groups in total. The van der Waals surface area contributed by atoms with E-state index in [1.54, 1.807) is 0 Å². The molecule has 7 heteroatoms. The van der Waals surface area contributed by atoms with Gasteiger partial charge in [0.1, 0.15) is 5.82 Å². The lowest BCUT2D eigenvalue weighted by Crippen LogP contribution is -2.34. The molecule has 1 aliphatic rings. The lowest BCUT2D eigenvalue weighted by Gasteiger charge is -2.26. The number of unbranched alkanes of at least 4 members (excludes halogenated alkanes) is 1. The van der Waals surface area contributed by atoms with Crippen LogP contribution in [-0.4, -0.2) is 56.6 Å². The fourth-order valence-electron chi connectivity index (χ4n) is 2.65. The smallest absolute Gasteiger partial charge is 0.227 e. The highest BCUT2D eigenvalue weighted by atomic mass is 32.2. The maximum atomic E-state index is 11.7. The van der Waals surface area contributed by atoms with Crippen molar-refractivity contribution in [2.75, 3.05) is 41.9 Å². The average Bonchev–Trinajstić information content (AvgIpc) is 2.83.